The number of nitrogens with zero attached hydrogens (tertiary/aromatic N) is 2. The highest BCUT2D eigenvalue weighted by atomic mass is 32.2. The first-order valence-electron chi connectivity index (χ1n) is 11.2. The molecule has 0 aliphatic carbocycles. The maximum Gasteiger partial charge on any atom is 0.573 e. The van der Waals surface area contributed by atoms with E-state index in [1.54, 1.807) is 19.1 Å². The average molecular weight is 573 g/mol. The van der Waals surface area contributed by atoms with Gasteiger partial charge in [-0.15, -0.1) is 13.2 Å². The number of amides is 1. The van der Waals surface area contributed by atoms with Crippen LogP contribution in [0.4, 0.5) is 18.9 Å². The van der Waals surface area contributed by atoms with E-state index in [2.05, 4.69) is 19.8 Å². The second-order valence-corrected chi connectivity index (χ2v) is 11.2. The molecule has 1 atom stereocenters. The summed E-state index contributed by atoms with van der Waals surface area (Å²) >= 11 is -2.23. The van der Waals surface area contributed by atoms with E-state index < -0.39 is 44.8 Å². The number of hydrogen-bond donors (Lipinski definition) is 3. The van der Waals surface area contributed by atoms with Gasteiger partial charge in [-0.1, -0.05) is 18.2 Å². The van der Waals surface area contributed by atoms with Crippen molar-refractivity contribution in [2.24, 2.45) is 4.99 Å². The highest BCUT2D eigenvalue weighted by Gasteiger charge is 2.47. The Kier molecular flexibility index (Phi) is 7.65. The van der Waals surface area contributed by atoms with E-state index >= 15 is 0 Å². The summed E-state index contributed by atoms with van der Waals surface area (Å²) < 4.78 is 90.8. The Morgan fingerprint density at radius 3 is 2.55 bits per heavy atom. The first-order chi connectivity index (χ1) is 17.8. The third kappa shape index (κ3) is 6.40. The van der Waals surface area contributed by atoms with E-state index in [1.807, 2.05) is 0 Å². The third-order valence-corrected chi connectivity index (χ3v) is 8.10. The van der Waals surface area contributed by atoms with Gasteiger partial charge in [-0.2, -0.15) is 4.31 Å². The number of benzene rings is 2. The quantitative estimate of drug-likeness (QED) is 0.436. The predicted octanol–water partition coefficient (Wildman–Crippen LogP) is 3.15. The Morgan fingerprint density at radius 2 is 1.92 bits per heavy atom. The van der Waals surface area contributed by atoms with E-state index in [9.17, 15) is 30.6 Å². The molecule has 15 heteroatoms. The molecule has 0 aromatic heterocycles. The van der Waals surface area contributed by atoms with E-state index in [0.29, 0.717) is 16.8 Å². The van der Waals surface area contributed by atoms with Crippen LogP contribution < -0.4 is 14.8 Å². The van der Waals surface area contributed by atoms with Gasteiger partial charge in [0.25, 0.3) is 17.2 Å². The molecule has 2 heterocycles. The Bertz CT molecular complexity index is 1430. The van der Waals surface area contributed by atoms with E-state index in [-0.39, 0.29) is 37.3 Å². The Morgan fingerprint density at radius 1 is 1.21 bits per heavy atom. The highest BCUT2D eigenvalue weighted by Crippen LogP contribution is 2.33. The van der Waals surface area contributed by atoms with Gasteiger partial charge < -0.3 is 10.1 Å². The summed E-state index contributed by atoms with van der Waals surface area (Å²) in [5.41, 5.74) is 0.685. The Labute approximate surface area is 219 Å². The number of ether oxygens (including phenoxy) is 1. The van der Waals surface area contributed by atoms with Crippen molar-refractivity contribution in [3.63, 3.8) is 0 Å². The minimum Gasteiger partial charge on any atom is -0.406 e. The fraction of sp³-hybridized carbons (Fsp3) is 0.304. The summed E-state index contributed by atoms with van der Waals surface area (Å²) in [6.45, 7) is 1.75. The van der Waals surface area contributed by atoms with Crippen LogP contribution in [0.5, 0.6) is 5.75 Å². The van der Waals surface area contributed by atoms with Gasteiger partial charge in [0, 0.05) is 29.7 Å². The molecular weight excluding hydrogens is 549 g/mol. The normalized spacial score (nSPS) is 18.9. The number of nitrogens with one attached hydrogen (secondary N) is 2. The molecule has 1 amide bonds. The number of aliphatic imine (C=N–C) groups is 1. The first-order valence-corrected chi connectivity index (χ1v) is 13.8. The van der Waals surface area contributed by atoms with Gasteiger partial charge >= 0.3 is 6.36 Å². The molecule has 204 valence electrons. The number of alkyl halides is 3. The minimum absolute atomic E-state index is 0.0122. The van der Waals surface area contributed by atoms with Crippen molar-refractivity contribution in [2.75, 3.05) is 17.8 Å². The number of aryl methyl sites for hydroxylation is 1. The zero-order valence-electron chi connectivity index (χ0n) is 19.9. The van der Waals surface area contributed by atoms with Crippen LogP contribution in [0.25, 0.3) is 6.08 Å². The van der Waals surface area contributed by atoms with Crippen LogP contribution in [-0.2, 0) is 26.1 Å². The molecular formula is C23H23F3N4O6S2. The second kappa shape index (κ2) is 10.5. The van der Waals surface area contributed by atoms with Gasteiger partial charge in [0.1, 0.15) is 17.1 Å². The minimum atomic E-state index is -4.87. The molecule has 1 fully saturated rings. The van der Waals surface area contributed by atoms with Gasteiger partial charge in [0.15, 0.2) is 0 Å². The van der Waals surface area contributed by atoms with Gasteiger partial charge in [-0.05, 0) is 61.2 Å². The maximum absolute atomic E-state index is 12.9. The van der Waals surface area contributed by atoms with Crippen molar-refractivity contribution in [1.29, 1.82) is 0 Å². The molecule has 0 radical (unpaired) electrons. The summed E-state index contributed by atoms with van der Waals surface area (Å²) in [6, 6.07) is 9.82. The van der Waals surface area contributed by atoms with Crippen molar-refractivity contribution >= 4 is 44.8 Å². The van der Waals surface area contributed by atoms with Crippen molar-refractivity contribution in [2.45, 2.75) is 31.7 Å². The Balaban J connectivity index is 1.45. The topological polar surface area (TPSA) is 137 Å². The van der Waals surface area contributed by atoms with Crippen molar-refractivity contribution in [1.82, 2.24) is 9.62 Å². The molecule has 10 nitrogen and oxygen atoms in total. The number of rotatable bonds is 7. The number of carbonyl (C=O) groups is 1. The molecule has 2 aliphatic rings. The molecule has 2 aromatic rings. The molecule has 1 unspecified atom stereocenters. The molecule has 2 aromatic carbocycles. The number of piperidine rings is 1. The largest absolute Gasteiger partial charge is 0.573 e. The number of hydrogen-bond acceptors (Lipinski definition) is 6. The fourth-order valence-electron chi connectivity index (χ4n) is 4.22. The highest BCUT2D eigenvalue weighted by molar-refractivity contribution is 7.92. The smallest absolute Gasteiger partial charge is 0.406 e. The molecule has 38 heavy (non-hydrogen) atoms. The van der Waals surface area contributed by atoms with Gasteiger partial charge in [-0.3, -0.25) is 19.1 Å². The number of halogens is 3. The lowest BCUT2D eigenvalue weighted by Crippen LogP contribution is -2.50. The van der Waals surface area contributed by atoms with Crippen LogP contribution in [0.3, 0.4) is 0 Å². The van der Waals surface area contributed by atoms with E-state index in [1.165, 1.54) is 28.6 Å². The summed E-state index contributed by atoms with van der Waals surface area (Å²) in [7, 11) is -3.83. The Hall–Kier alpha value is -3.27. The van der Waals surface area contributed by atoms with Gasteiger partial charge in [0.05, 0.1) is 0 Å². The molecule has 0 saturated carbocycles. The molecule has 2 aliphatic heterocycles. The van der Waals surface area contributed by atoms with Crippen LogP contribution in [0.1, 0.15) is 29.5 Å². The van der Waals surface area contributed by atoms with Crippen LogP contribution in [0.15, 0.2) is 52.9 Å². The number of sulfonamides is 1. The maximum atomic E-state index is 12.9. The van der Waals surface area contributed by atoms with Crippen LogP contribution in [0, 0.1) is 6.92 Å². The van der Waals surface area contributed by atoms with E-state index in [4.69, 9.17) is 4.55 Å². The van der Waals surface area contributed by atoms with Crippen LogP contribution in [-0.4, -0.2) is 58.2 Å². The van der Waals surface area contributed by atoms with Crippen molar-refractivity contribution < 1.29 is 39.9 Å². The number of amidine groups is 1. The molecule has 1 saturated heterocycles. The standard InChI is InChI=1S/C23H23F3N4O6S2/c1-15-13-18(29-37(32)33)6-5-16(15)7-12-38(34,35)30-10-8-22(9-11-30)21(31)27-20(28-22)17-3-2-4-19(14-17)36-23(24,25)26/h2-7,12-14,29H,8-11H2,1H3,(H,32,33)(H,27,28,31). The summed E-state index contributed by atoms with van der Waals surface area (Å²) in [5, 5.41) is 3.65. The van der Waals surface area contributed by atoms with E-state index in [0.717, 1.165) is 17.5 Å². The monoisotopic (exact) mass is 572 g/mol. The average Bonchev–Trinajstić information content (AvgIpc) is 3.13. The lowest BCUT2D eigenvalue weighted by molar-refractivity contribution is -0.274. The summed E-state index contributed by atoms with van der Waals surface area (Å²) in [4.78, 5) is 17.2. The van der Waals surface area contributed by atoms with Gasteiger partial charge in [0.2, 0.25) is 10.0 Å². The fourth-order valence-corrected chi connectivity index (χ4v) is 5.73. The molecule has 3 N–H and O–H groups in total. The van der Waals surface area contributed by atoms with Crippen molar-refractivity contribution in [3.8, 4) is 5.75 Å². The lowest BCUT2D eigenvalue weighted by atomic mass is 9.89. The predicted molar refractivity (Wildman–Crippen MR) is 135 cm³/mol. The van der Waals surface area contributed by atoms with Gasteiger partial charge in [-0.25, -0.2) is 12.6 Å². The lowest BCUT2D eigenvalue weighted by Gasteiger charge is -2.34. The SMILES string of the molecule is Cc1cc(NS(=O)O)ccc1C=CS(=O)(=O)N1CCC2(CC1)N=C(c1cccc(OC(F)(F)F)c1)NC2=O. The molecule has 1 spiro atoms. The zero-order valence-corrected chi connectivity index (χ0v) is 21.5. The summed E-state index contributed by atoms with van der Waals surface area (Å²) in [5.74, 6) is -0.808. The second-order valence-electron chi connectivity index (χ2n) is 8.69. The number of carbonyl (C=O) groups excluding carboxylic acids is 1. The van der Waals surface area contributed by atoms with Crippen LogP contribution >= 0.6 is 0 Å². The third-order valence-electron chi connectivity index (χ3n) is 6.13. The van der Waals surface area contributed by atoms with Crippen LogP contribution in [0.2, 0.25) is 0 Å². The number of anilines is 1. The summed E-state index contributed by atoms with van der Waals surface area (Å²) in [6.07, 6.45) is -3.27. The zero-order chi connectivity index (χ0) is 27.7. The molecule has 0 bridgehead atoms. The first kappa shape index (κ1) is 27.8. The van der Waals surface area contributed by atoms with Crippen molar-refractivity contribution in [3.05, 3.63) is 64.6 Å². The molecule has 4 rings (SSSR count).